The summed E-state index contributed by atoms with van der Waals surface area (Å²) in [7, 11) is 0. The topological polar surface area (TPSA) is 29.1 Å². The van der Waals surface area contributed by atoms with Crippen molar-refractivity contribution in [1.82, 2.24) is 5.32 Å². The maximum absolute atomic E-state index is 11.9. The van der Waals surface area contributed by atoms with E-state index in [4.69, 9.17) is 23.2 Å². The third kappa shape index (κ3) is 3.39. The Labute approximate surface area is 106 Å². The molecule has 0 heterocycles. The SMILES string of the molecule is CC(C)C(C)NC(=O)c1cc(Cl)ccc1Cl. The molecule has 1 N–H and O–H groups in total. The van der Waals surface area contributed by atoms with Crippen LogP contribution in [0.3, 0.4) is 0 Å². The minimum Gasteiger partial charge on any atom is -0.349 e. The molecule has 4 heteroatoms. The zero-order chi connectivity index (χ0) is 12.3. The Morgan fingerprint density at radius 2 is 1.88 bits per heavy atom. The van der Waals surface area contributed by atoms with Crippen LogP contribution in [0.2, 0.25) is 10.0 Å². The van der Waals surface area contributed by atoms with Gasteiger partial charge in [0, 0.05) is 11.1 Å². The Hall–Kier alpha value is -0.730. The summed E-state index contributed by atoms with van der Waals surface area (Å²) in [6.07, 6.45) is 0. The smallest absolute Gasteiger partial charge is 0.253 e. The number of nitrogens with one attached hydrogen (secondary N) is 1. The predicted molar refractivity (Wildman–Crippen MR) is 68.2 cm³/mol. The lowest BCUT2D eigenvalue weighted by molar-refractivity contribution is 0.0930. The number of carbonyl (C=O) groups excluding carboxylic acids is 1. The molecule has 0 saturated heterocycles. The number of amides is 1. The van der Waals surface area contributed by atoms with Gasteiger partial charge in [0.15, 0.2) is 0 Å². The van der Waals surface area contributed by atoms with E-state index in [0.717, 1.165) is 0 Å². The summed E-state index contributed by atoms with van der Waals surface area (Å²) in [5.41, 5.74) is 0.418. The lowest BCUT2D eigenvalue weighted by Crippen LogP contribution is -2.36. The van der Waals surface area contributed by atoms with Crippen molar-refractivity contribution in [3.63, 3.8) is 0 Å². The Kier molecular flexibility index (Phi) is 4.63. The summed E-state index contributed by atoms with van der Waals surface area (Å²) in [5.74, 6) is 0.190. The first-order valence-corrected chi connectivity index (χ1v) is 5.93. The Bertz CT molecular complexity index is 391. The van der Waals surface area contributed by atoms with Gasteiger partial charge in [-0.2, -0.15) is 0 Å². The van der Waals surface area contributed by atoms with Crippen LogP contribution in [0.25, 0.3) is 0 Å². The molecule has 0 spiro atoms. The van der Waals surface area contributed by atoms with E-state index < -0.39 is 0 Å². The van der Waals surface area contributed by atoms with Crippen LogP contribution in [0.15, 0.2) is 18.2 Å². The van der Waals surface area contributed by atoms with E-state index in [9.17, 15) is 4.79 Å². The van der Waals surface area contributed by atoms with Crippen molar-refractivity contribution in [2.75, 3.05) is 0 Å². The van der Waals surface area contributed by atoms with Crippen molar-refractivity contribution in [3.8, 4) is 0 Å². The highest BCUT2D eigenvalue weighted by atomic mass is 35.5. The van der Waals surface area contributed by atoms with Gasteiger partial charge in [-0.15, -0.1) is 0 Å². The summed E-state index contributed by atoms with van der Waals surface area (Å²) >= 11 is 11.8. The quantitative estimate of drug-likeness (QED) is 0.880. The number of benzene rings is 1. The lowest BCUT2D eigenvalue weighted by Gasteiger charge is -2.17. The average Bonchev–Trinajstić information content (AvgIpc) is 2.21. The van der Waals surface area contributed by atoms with Crippen LogP contribution in [0.1, 0.15) is 31.1 Å². The highest BCUT2D eigenvalue weighted by Crippen LogP contribution is 2.20. The van der Waals surface area contributed by atoms with E-state index in [2.05, 4.69) is 5.32 Å². The molecular formula is C12H15Cl2NO. The molecule has 0 bridgehead atoms. The molecule has 0 aliphatic heterocycles. The molecule has 0 fully saturated rings. The van der Waals surface area contributed by atoms with Crippen LogP contribution in [0, 0.1) is 5.92 Å². The molecule has 1 aromatic carbocycles. The van der Waals surface area contributed by atoms with E-state index in [-0.39, 0.29) is 11.9 Å². The molecule has 2 nitrogen and oxygen atoms in total. The fourth-order valence-electron chi connectivity index (χ4n) is 1.12. The first kappa shape index (κ1) is 13.3. The van der Waals surface area contributed by atoms with Gasteiger partial charge in [-0.25, -0.2) is 0 Å². The molecule has 0 aliphatic rings. The second kappa shape index (κ2) is 5.55. The van der Waals surface area contributed by atoms with Crippen molar-refractivity contribution < 1.29 is 4.79 Å². The van der Waals surface area contributed by atoms with Crippen molar-refractivity contribution in [2.45, 2.75) is 26.8 Å². The second-order valence-corrected chi connectivity index (χ2v) is 4.97. The van der Waals surface area contributed by atoms with Crippen molar-refractivity contribution >= 4 is 29.1 Å². The van der Waals surface area contributed by atoms with E-state index in [0.29, 0.717) is 21.5 Å². The fourth-order valence-corrected chi connectivity index (χ4v) is 1.50. The van der Waals surface area contributed by atoms with Crippen LogP contribution in [-0.4, -0.2) is 11.9 Å². The van der Waals surface area contributed by atoms with Gasteiger partial charge in [-0.05, 0) is 31.0 Å². The first-order chi connectivity index (χ1) is 7.41. The van der Waals surface area contributed by atoms with Gasteiger partial charge in [0.05, 0.1) is 10.6 Å². The predicted octanol–water partition coefficient (Wildman–Crippen LogP) is 3.77. The zero-order valence-corrected chi connectivity index (χ0v) is 11.1. The fraction of sp³-hybridized carbons (Fsp3) is 0.417. The summed E-state index contributed by atoms with van der Waals surface area (Å²) in [5, 5.41) is 3.80. The van der Waals surface area contributed by atoms with Gasteiger partial charge in [-0.3, -0.25) is 4.79 Å². The molecule has 88 valence electrons. The number of rotatable bonds is 3. The maximum atomic E-state index is 11.9. The zero-order valence-electron chi connectivity index (χ0n) is 9.55. The normalized spacial score (nSPS) is 12.6. The van der Waals surface area contributed by atoms with Crippen LogP contribution >= 0.6 is 23.2 Å². The summed E-state index contributed by atoms with van der Waals surface area (Å²) in [6.45, 7) is 6.05. The minimum atomic E-state index is -0.186. The van der Waals surface area contributed by atoms with E-state index >= 15 is 0 Å². The van der Waals surface area contributed by atoms with Crippen molar-refractivity contribution in [3.05, 3.63) is 33.8 Å². The van der Waals surface area contributed by atoms with Crippen LogP contribution in [0.5, 0.6) is 0 Å². The summed E-state index contributed by atoms with van der Waals surface area (Å²) < 4.78 is 0. The van der Waals surface area contributed by atoms with Gasteiger partial charge in [-0.1, -0.05) is 37.0 Å². The van der Waals surface area contributed by atoms with E-state index in [1.54, 1.807) is 18.2 Å². The highest BCUT2D eigenvalue weighted by molar-refractivity contribution is 6.35. The van der Waals surface area contributed by atoms with Gasteiger partial charge in [0.1, 0.15) is 0 Å². The van der Waals surface area contributed by atoms with Gasteiger partial charge in [0.25, 0.3) is 5.91 Å². The monoisotopic (exact) mass is 259 g/mol. The first-order valence-electron chi connectivity index (χ1n) is 5.17. The lowest BCUT2D eigenvalue weighted by atomic mass is 10.1. The average molecular weight is 260 g/mol. The molecule has 1 amide bonds. The number of halogens is 2. The Morgan fingerprint density at radius 3 is 2.44 bits per heavy atom. The molecular weight excluding hydrogens is 245 g/mol. The van der Waals surface area contributed by atoms with Crippen molar-refractivity contribution in [1.29, 1.82) is 0 Å². The van der Waals surface area contributed by atoms with Crippen LogP contribution in [-0.2, 0) is 0 Å². The summed E-state index contributed by atoms with van der Waals surface area (Å²) in [4.78, 5) is 11.9. The minimum absolute atomic E-state index is 0.0996. The standard InChI is InChI=1S/C12H15Cl2NO/c1-7(2)8(3)15-12(16)10-6-9(13)4-5-11(10)14/h4-8H,1-3H3,(H,15,16). The molecule has 0 radical (unpaired) electrons. The molecule has 1 rings (SSSR count). The molecule has 0 aromatic heterocycles. The maximum Gasteiger partial charge on any atom is 0.253 e. The molecule has 0 saturated carbocycles. The van der Waals surface area contributed by atoms with Crippen LogP contribution in [0.4, 0.5) is 0 Å². The molecule has 16 heavy (non-hydrogen) atoms. The number of carbonyl (C=O) groups is 1. The Morgan fingerprint density at radius 1 is 1.25 bits per heavy atom. The molecule has 1 atom stereocenters. The number of hydrogen-bond acceptors (Lipinski definition) is 1. The molecule has 1 aromatic rings. The van der Waals surface area contributed by atoms with Gasteiger partial charge >= 0.3 is 0 Å². The van der Waals surface area contributed by atoms with Crippen LogP contribution < -0.4 is 5.32 Å². The van der Waals surface area contributed by atoms with Crippen molar-refractivity contribution in [2.24, 2.45) is 5.92 Å². The summed E-state index contributed by atoms with van der Waals surface area (Å²) in [6, 6.07) is 4.96. The van der Waals surface area contributed by atoms with Gasteiger partial charge in [0.2, 0.25) is 0 Å². The Balaban J connectivity index is 2.84. The third-order valence-corrected chi connectivity index (χ3v) is 3.10. The number of hydrogen-bond donors (Lipinski definition) is 1. The van der Waals surface area contributed by atoms with E-state index in [1.807, 2.05) is 20.8 Å². The highest BCUT2D eigenvalue weighted by Gasteiger charge is 2.15. The molecule has 1 unspecified atom stereocenters. The third-order valence-electron chi connectivity index (χ3n) is 2.53. The second-order valence-electron chi connectivity index (χ2n) is 4.13. The van der Waals surface area contributed by atoms with Gasteiger partial charge < -0.3 is 5.32 Å². The largest absolute Gasteiger partial charge is 0.349 e. The molecule has 0 aliphatic carbocycles. The van der Waals surface area contributed by atoms with E-state index in [1.165, 1.54) is 0 Å².